The van der Waals surface area contributed by atoms with Gasteiger partial charge < -0.3 is 9.80 Å². The maximum Gasteiger partial charge on any atom is 0.233 e. The molecule has 3 rings (SSSR count). The average Bonchev–Trinajstić information content (AvgIpc) is 2.90. The fourth-order valence-corrected chi connectivity index (χ4v) is 4.72. The zero-order chi connectivity index (χ0) is 18.0. The van der Waals surface area contributed by atoms with Crippen LogP contribution in [-0.2, 0) is 9.59 Å². The van der Waals surface area contributed by atoms with E-state index in [-0.39, 0.29) is 23.1 Å². The Morgan fingerprint density at radius 1 is 1.32 bits per heavy atom. The van der Waals surface area contributed by atoms with Crippen molar-refractivity contribution in [2.45, 2.75) is 31.6 Å². The van der Waals surface area contributed by atoms with Crippen molar-refractivity contribution in [2.24, 2.45) is 5.92 Å². The van der Waals surface area contributed by atoms with E-state index in [1.54, 1.807) is 17.8 Å². The van der Waals surface area contributed by atoms with Gasteiger partial charge in [-0.2, -0.15) is 0 Å². The molecule has 1 saturated carbocycles. The molecular weight excluding hydrogens is 379 g/mol. The van der Waals surface area contributed by atoms with E-state index in [4.69, 9.17) is 23.2 Å². The molecule has 1 aromatic carbocycles. The Hall–Kier alpha value is -0.910. The van der Waals surface area contributed by atoms with Gasteiger partial charge in [-0.05, 0) is 37.5 Å². The molecule has 1 atom stereocenters. The zero-order valence-corrected chi connectivity index (χ0v) is 16.5. The monoisotopic (exact) mass is 400 g/mol. The average molecular weight is 401 g/mol. The lowest BCUT2D eigenvalue weighted by Crippen LogP contribution is -2.43. The second-order valence-electron chi connectivity index (χ2n) is 6.47. The summed E-state index contributed by atoms with van der Waals surface area (Å²) in [6.07, 6.45) is 3.15. The largest absolute Gasteiger partial charge is 0.341 e. The molecule has 1 aliphatic heterocycles. The van der Waals surface area contributed by atoms with Crippen molar-refractivity contribution < 1.29 is 9.59 Å². The number of hydrogen-bond acceptors (Lipinski definition) is 3. The van der Waals surface area contributed by atoms with E-state index in [0.717, 1.165) is 24.8 Å². The highest BCUT2D eigenvalue weighted by molar-refractivity contribution is 8.00. The van der Waals surface area contributed by atoms with Crippen LogP contribution in [0, 0.1) is 5.92 Å². The van der Waals surface area contributed by atoms with Crippen molar-refractivity contribution in [3.8, 4) is 0 Å². The number of hydrogen-bond donors (Lipinski definition) is 0. The van der Waals surface area contributed by atoms with Gasteiger partial charge in [-0.3, -0.25) is 9.59 Å². The molecule has 25 heavy (non-hydrogen) atoms. The Kier molecular flexibility index (Phi) is 6.18. The third kappa shape index (κ3) is 4.09. The molecule has 2 fully saturated rings. The van der Waals surface area contributed by atoms with Gasteiger partial charge in [0.25, 0.3) is 0 Å². The third-order valence-corrected chi connectivity index (χ3v) is 6.95. The Balaban J connectivity index is 1.67. The van der Waals surface area contributed by atoms with Gasteiger partial charge in [-0.25, -0.2) is 0 Å². The summed E-state index contributed by atoms with van der Waals surface area (Å²) in [6, 6.07) is 5.50. The van der Waals surface area contributed by atoms with E-state index < -0.39 is 0 Å². The second kappa shape index (κ2) is 8.19. The molecule has 1 saturated heterocycles. The number of carbonyl (C=O) groups excluding carboxylic acids is 2. The fraction of sp³-hybridized carbons (Fsp3) is 0.556. The summed E-state index contributed by atoms with van der Waals surface area (Å²) < 4.78 is 0. The van der Waals surface area contributed by atoms with Crippen LogP contribution in [0.4, 0.5) is 0 Å². The molecule has 0 spiro atoms. The zero-order valence-electron chi connectivity index (χ0n) is 14.2. The molecule has 1 heterocycles. The van der Waals surface area contributed by atoms with Crippen LogP contribution < -0.4 is 0 Å². The molecule has 7 heteroatoms. The van der Waals surface area contributed by atoms with Crippen LogP contribution in [0.2, 0.25) is 10.0 Å². The lowest BCUT2D eigenvalue weighted by atomic mass is 9.84. The summed E-state index contributed by atoms with van der Waals surface area (Å²) in [5, 5.41) is 0.934. The highest BCUT2D eigenvalue weighted by Gasteiger charge is 2.34. The summed E-state index contributed by atoms with van der Waals surface area (Å²) in [5.74, 6) is 0.981. The van der Waals surface area contributed by atoms with Crippen LogP contribution in [0.15, 0.2) is 18.2 Å². The molecule has 0 aromatic heterocycles. The van der Waals surface area contributed by atoms with Crippen LogP contribution >= 0.6 is 35.0 Å². The van der Waals surface area contributed by atoms with Crippen LogP contribution in [0.25, 0.3) is 0 Å². The third-order valence-electron chi connectivity index (χ3n) is 4.96. The van der Waals surface area contributed by atoms with Gasteiger partial charge in [-0.1, -0.05) is 35.7 Å². The first-order valence-electron chi connectivity index (χ1n) is 8.66. The van der Waals surface area contributed by atoms with Gasteiger partial charge in [-0.15, -0.1) is 11.8 Å². The maximum atomic E-state index is 12.5. The topological polar surface area (TPSA) is 40.6 Å². The smallest absolute Gasteiger partial charge is 0.233 e. The molecule has 0 bridgehead atoms. The lowest BCUT2D eigenvalue weighted by molar-refractivity contribution is -0.139. The molecule has 2 amide bonds. The summed E-state index contributed by atoms with van der Waals surface area (Å²) >= 11 is 13.7. The van der Waals surface area contributed by atoms with E-state index in [1.807, 2.05) is 28.9 Å². The van der Waals surface area contributed by atoms with Crippen molar-refractivity contribution in [3.05, 3.63) is 33.8 Å². The molecule has 0 N–H and O–H groups in total. The van der Waals surface area contributed by atoms with Gasteiger partial charge in [0.05, 0.1) is 15.8 Å². The van der Waals surface area contributed by atoms with E-state index in [1.165, 1.54) is 0 Å². The summed E-state index contributed by atoms with van der Waals surface area (Å²) in [5.41, 5.74) is 0.971. The Bertz CT molecular complexity index is 666. The van der Waals surface area contributed by atoms with Gasteiger partial charge in [0.2, 0.25) is 11.8 Å². The first kappa shape index (κ1) is 18.9. The first-order chi connectivity index (χ1) is 12.0. The predicted octanol–water partition coefficient (Wildman–Crippen LogP) is 4.22. The maximum absolute atomic E-state index is 12.5. The number of benzene rings is 1. The molecule has 1 aliphatic carbocycles. The quantitative estimate of drug-likeness (QED) is 0.717. The van der Waals surface area contributed by atoms with Crippen molar-refractivity contribution >= 4 is 46.8 Å². The first-order valence-corrected chi connectivity index (χ1v) is 10.5. The van der Waals surface area contributed by atoms with Gasteiger partial charge in [0.1, 0.15) is 5.37 Å². The predicted molar refractivity (Wildman–Crippen MR) is 103 cm³/mol. The highest BCUT2D eigenvalue weighted by atomic mass is 35.5. The van der Waals surface area contributed by atoms with Crippen molar-refractivity contribution in [3.63, 3.8) is 0 Å². The SMILES string of the molecule is CCN(CCN1C(=O)CSC1c1ccc(Cl)c(Cl)c1)C(=O)C1CCC1. The van der Waals surface area contributed by atoms with E-state index in [2.05, 4.69) is 0 Å². The number of halogens is 2. The molecule has 4 nitrogen and oxygen atoms in total. The molecule has 0 radical (unpaired) electrons. The summed E-state index contributed by atoms with van der Waals surface area (Å²) in [7, 11) is 0. The minimum atomic E-state index is -0.0697. The van der Waals surface area contributed by atoms with Crippen LogP contribution in [-0.4, -0.2) is 47.0 Å². The number of likely N-dealkylation sites (N-methyl/N-ethyl adjacent to an activating group) is 1. The molecule has 136 valence electrons. The fourth-order valence-electron chi connectivity index (χ4n) is 3.20. The molecular formula is C18H22Cl2N2O2S. The normalized spacial score (nSPS) is 20.7. The minimum absolute atomic E-state index is 0.0697. The Morgan fingerprint density at radius 3 is 2.68 bits per heavy atom. The number of nitrogens with zero attached hydrogens (tertiary/aromatic N) is 2. The summed E-state index contributed by atoms with van der Waals surface area (Å²) in [4.78, 5) is 28.5. The molecule has 1 unspecified atom stereocenters. The van der Waals surface area contributed by atoms with Gasteiger partial charge in [0, 0.05) is 25.6 Å². The Labute approximate surface area is 162 Å². The van der Waals surface area contributed by atoms with Crippen LogP contribution in [0.1, 0.15) is 37.1 Å². The standard InChI is InChI=1S/C18H22Cl2N2O2S/c1-2-21(17(24)12-4-3-5-12)8-9-22-16(23)11-25-18(22)13-6-7-14(19)15(20)10-13/h6-7,10,12,18H,2-5,8-9,11H2,1H3. The van der Waals surface area contributed by atoms with E-state index >= 15 is 0 Å². The van der Waals surface area contributed by atoms with Crippen molar-refractivity contribution in [2.75, 3.05) is 25.4 Å². The van der Waals surface area contributed by atoms with E-state index in [9.17, 15) is 9.59 Å². The van der Waals surface area contributed by atoms with Crippen LogP contribution in [0.3, 0.4) is 0 Å². The van der Waals surface area contributed by atoms with Gasteiger partial charge in [0.15, 0.2) is 0 Å². The van der Waals surface area contributed by atoms with Crippen molar-refractivity contribution in [1.29, 1.82) is 0 Å². The summed E-state index contributed by atoms with van der Waals surface area (Å²) in [6.45, 7) is 3.80. The number of carbonyl (C=O) groups is 2. The highest BCUT2D eigenvalue weighted by Crippen LogP contribution is 2.40. The Morgan fingerprint density at radius 2 is 2.08 bits per heavy atom. The number of amides is 2. The van der Waals surface area contributed by atoms with Crippen LogP contribution in [0.5, 0.6) is 0 Å². The molecule has 1 aromatic rings. The number of rotatable bonds is 6. The number of thioether (sulfide) groups is 1. The second-order valence-corrected chi connectivity index (χ2v) is 8.35. The lowest BCUT2D eigenvalue weighted by Gasteiger charge is -2.33. The molecule has 2 aliphatic rings. The minimum Gasteiger partial charge on any atom is -0.341 e. The van der Waals surface area contributed by atoms with Gasteiger partial charge >= 0.3 is 0 Å². The van der Waals surface area contributed by atoms with E-state index in [0.29, 0.717) is 35.4 Å². The van der Waals surface area contributed by atoms with Crippen molar-refractivity contribution in [1.82, 2.24) is 9.80 Å².